The first-order valence-corrected chi connectivity index (χ1v) is 8.31. The molecule has 112 valence electrons. The Kier molecular flexibility index (Phi) is 3.89. The first-order chi connectivity index (χ1) is 10.1. The van der Waals surface area contributed by atoms with Gasteiger partial charge in [0.05, 0.1) is 17.0 Å². The van der Waals surface area contributed by atoms with Crippen LogP contribution in [0.4, 0.5) is 5.69 Å². The number of carbonyl (C=O) groups is 2. The molecule has 21 heavy (non-hydrogen) atoms. The average molecular weight is 305 g/mol. The van der Waals surface area contributed by atoms with Gasteiger partial charge in [-0.25, -0.2) is 4.98 Å². The van der Waals surface area contributed by atoms with Gasteiger partial charge in [0.1, 0.15) is 5.03 Å². The van der Waals surface area contributed by atoms with Gasteiger partial charge in [-0.15, -0.1) is 0 Å². The third-order valence-corrected chi connectivity index (χ3v) is 5.52. The molecule has 0 spiro atoms. The largest absolute Gasteiger partial charge is 0.351 e. The van der Waals surface area contributed by atoms with Crippen molar-refractivity contribution in [3.63, 3.8) is 0 Å². The molecule has 0 saturated heterocycles. The Hall–Kier alpha value is -1.56. The maximum absolute atomic E-state index is 12.2. The van der Waals surface area contributed by atoms with Crippen molar-refractivity contribution >= 4 is 29.3 Å². The highest BCUT2D eigenvalue weighted by Gasteiger charge is 2.35. The lowest BCUT2D eigenvalue weighted by atomic mass is 9.67. The Balaban J connectivity index is 1.67. The van der Waals surface area contributed by atoms with Gasteiger partial charge in [-0.1, -0.05) is 25.1 Å². The summed E-state index contributed by atoms with van der Waals surface area (Å²) in [4.78, 5) is 27.9. The second-order valence-electron chi connectivity index (χ2n) is 5.80. The number of amides is 2. The van der Waals surface area contributed by atoms with E-state index in [1.165, 1.54) is 31.0 Å². The van der Waals surface area contributed by atoms with E-state index < -0.39 is 0 Å². The molecule has 0 unspecified atom stereocenters. The number of thioether (sulfide) groups is 1. The molecule has 0 bridgehead atoms. The Labute approximate surface area is 128 Å². The molecule has 3 rings (SSSR count). The lowest BCUT2D eigenvalue weighted by Crippen LogP contribution is -2.41. The first kappa shape index (κ1) is 14.4. The highest BCUT2D eigenvalue weighted by Crippen LogP contribution is 2.43. The zero-order chi connectivity index (χ0) is 14.9. The molecular formula is C15H19N3O2S. The van der Waals surface area contributed by atoms with E-state index in [1.54, 1.807) is 12.3 Å². The fraction of sp³-hybridized carbons (Fsp3) is 0.533. The summed E-state index contributed by atoms with van der Waals surface area (Å²) in [6.45, 7) is 2.90. The molecule has 0 atom stereocenters. The van der Waals surface area contributed by atoms with Crippen LogP contribution in [0.5, 0.6) is 0 Å². The maximum atomic E-state index is 12.2. The van der Waals surface area contributed by atoms with Crippen LogP contribution in [0.15, 0.2) is 17.3 Å². The zero-order valence-corrected chi connectivity index (χ0v) is 12.9. The van der Waals surface area contributed by atoms with E-state index in [9.17, 15) is 9.59 Å². The van der Waals surface area contributed by atoms with Crippen LogP contribution in [-0.2, 0) is 4.79 Å². The fourth-order valence-corrected chi connectivity index (χ4v) is 3.54. The summed E-state index contributed by atoms with van der Waals surface area (Å²) in [6, 6.07) is 1.71. The minimum atomic E-state index is -0.116. The van der Waals surface area contributed by atoms with Crippen molar-refractivity contribution in [1.82, 2.24) is 10.3 Å². The summed E-state index contributed by atoms with van der Waals surface area (Å²) < 4.78 is 0. The summed E-state index contributed by atoms with van der Waals surface area (Å²) in [5.41, 5.74) is 1.43. The molecule has 0 aromatic carbocycles. The second kappa shape index (κ2) is 5.67. The van der Waals surface area contributed by atoms with Crippen LogP contribution in [0.2, 0.25) is 0 Å². The van der Waals surface area contributed by atoms with Crippen molar-refractivity contribution in [3.05, 3.63) is 17.8 Å². The molecule has 1 aliphatic carbocycles. The van der Waals surface area contributed by atoms with E-state index in [0.29, 0.717) is 22.4 Å². The number of nitrogens with zero attached hydrogens (tertiary/aromatic N) is 1. The predicted molar refractivity (Wildman–Crippen MR) is 82.5 cm³/mol. The van der Waals surface area contributed by atoms with Crippen molar-refractivity contribution < 1.29 is 9.59 Å². The quantitative estimate of drug-likeness (QED) is 0.896. The van der Waals surface area contributed by atoms with Gasteiger partial charge in [0.2, 0.25) is 5.91 Å². The number of anilines is 1. The number of hydrogen-bond acceptors (Lipinski definition) is 4. The van der Waals surface area contributed by atoms with Crippen LogP contribution in [0.3, 0.4) is 0 Å². The van der Waals surface area contributed by atoms with Crippen LogP contribution in [0, 0.1) is 5.41 Å². The number of fused-ring (bicyclic) bond motifs is 1. The van der Waals surface area contributed by atoms with Gasteiger partial charge < -0.3 is 10.6 Å². The van der Waals surface area contributed by atoms with E-state index in [0.717, 1.165) is 18.0 Å². The molecule has 1 fully saturated rings. The molecule has 2 amide bonds. The van der Waals surface area contributed by atoms with E-state index in [1.807, 2.05) is 0 Å². The summed E-state index contributed by atoms with van der Waals surface area (Å²) in [6.07, 6.45) is 6.33. The van der Waals surface area contributed by atoms with Crippen LogP contribution in [-0.4, -0.2) is 29.1 Å². The Morgan fingerprint density at radius 2 is 2.33 bits per heavy atom. The number of nitrogens with one attached hydrogen (secondary N) is 2. The molecule has 1 saturated carbocycles. The molecule has 1 aliphatic heterocycles. The van der Waals surface area contributed by atoms with E-state index in [2.05, 4.69) is 22.5 Å². The normalized spacial score (nSPS) is 19.2. The van der Waals surface area contributed by atoms with Crippen molar-refractivity contribution in [2.45, 2.75) is 37.6 Å². The summed E-state index contributed by atoms with van der Waals surface area (Å²) >= 11 is 1.40. The molecule has 2 heterocycles. The number of pyridine rings is 1. The van der Waals surface area contributed by atoms with Crippen LogP contribution >= 0.6 is 11.8 Å². The molecule has 0 radical (unpaired) electrons. The van der Waals surface area contributed by atoms with Crippen LogP contribution in [0.1, 0.15) is 43.0 Å². The SMILES string of the molecule is CCC1(CNC(=O)c2cnc3c(c2)NC(=O)CS3)CCC1. The third kappa shape index (κ3) is 2.90. The van der Waals surface area contributed by atoms with Crippen molar-refractivity contribution in [2.24, 2.45) is 5.41 Å². The van der Waals surface area contributed by atoms with Gasteiger partial charge in [-0.3, -0.25) is 9.59 Å². The molecular weight excluding hydrogens is 286 g/mol. The number of hydrogen-bond donors (Lipinski definition) is 2. The van der Waals surface area contributed by atoms with Gasteiger partial charge >= 0.3 is 0 Å². The number of carbonyl (C=O) groups excluding carboxylic acids is 2. The highest BCUT2D eigenvalue weighted by molar-refractivity contribution is 8.00. The molecule has 1 aromatic rings. The van der Waals surface area contributed by atoms with E-state index in [4.69, 9.17) is 0 Å². The maximum Gasteiger partial charge on any atom is 0.252 e. The zero-order valence-electron chi connectivity index (χ0n) is 12.1. The average Bonchev–Trinajstić information content (AvgIpc) is 2.45. The van der Waals surface area contributed by atoms with E-state index in [-0.39, 0.29) is 11.8 Å². The van der Waals surface area contributed by atoms with Crippen molar-refractivity contribution in [3.8, 4) is 0 Å². The Bertz CT molecular complexity index is 579. The smallest absolute Gasteiger partial charge is 0.252 e. The first-order valence-electron chi connectivity index (χ1n) is 7.33. The standard InChI is InChI=1S/C15H19N3O2S/c1-2-15(4-3-5-15)9-17-13(20)10-6-11-14(16-7-10)21-8-12(19)18-11/h6-7H,2-5,8-9H2,1H3,(H,17,20)(H,18,19). The molecule has 2 aliphatic rings. The second-order valence-corrected chi connectivity index (χ2v) is 6.77. The van der Waals surface area contributed by atoms with Gasteiger partial charge in [0.25, 0.3) is 5.91 Å². The van der Waals surface area contributed by atoms with Gasteiger partial charge in [0.15, 0.2) is 0 Å². The Morgan fingerprint density at radius 1 is 1.52 bits per heavy atom. The number of rotatable bonds is 4. The summed E-state index contributed by atoms with van der Waals surface area (Å²) in [5, 5.41) is 6.54. The van der Waals surface area contributed by atoms with Gasteiger partial charge in [0, 0.05) is 12.7 Å². The predicted octanol–water partition coefficient (Wildman–Crippen LogP) is 2.44. The topological polar surface area (TPSA) is 71.1 Å². The Morgan fingerprint density at radius 3 is 3.00 bits per heavy atom. The molecule has 5 nitrogen and oxygen atoms in total. The fourth-order valence-electron chi connectivity index (χ4n) is 2.80. The van der Waals surface area contributed by atoms with Crippen LogP contribution in [0.25, 0.3) is 0 Å². The minimum absolute atomic E-state index is 0.0498. The number of aromatic nitrogens is 1. The van der Waals surface area contributed by atoms with Crippen LogP contribution < -0.4 is 10.6 Å². The lowest BCUT2D eigenvalue weighted by Gasteiger charge is -2.41. The molecule has 2 N–H and O–H groups in total. The van der Waals surface area contributed by atoms with Gasteiger partial charge in [-0.2, -0.15) is 0 Å². The molecule has 1 aromatic heterocycles. The lowest BCUT2D eigenvalue weighted by molar-refractivity contribution is -0.113. The van der Waals surface area contributed by atoms with E-state index >= 15 is 0 Å². The third-order valence-electron chi connectivity index (χ3n) is 4.52. The monoisotopic (exact) mass is 305 g/mol. The van der Waals surface area contributed by atoms with Crippen molar-refractivity contribution in [1.29, 1.82) is 0 Å². The summed E-state index contributed by atoms with van der Waals surface area (Å²) in [5.74, 6) is 0.214. The summed E-state index contributed by atoms with van der Waals surface area (Å²) in [7, 11) is 0. The van der Waals surface area contributed by atoms with Crippen molar-refractivity contribution in [2.75, 3.05) is 17.6 Å². The van der Waals surface area contributed by atoms with Gasteiger partial charge in [-0.05, 0) is 30.7 Å². The highest BCUT2D eigenvalue weighted by atomic mass is 32.2. The molecule has 6 heteroatoms. The minimum Gasteiger partial charge on any atom is -0.351 e.